The average molecular weight is 295 g/mol. The Morgan fingerprint density at radius 2 is 2.05 bits per heavy atom. The predicted octanol–water partition coefficient (Wildman–Crippen LogP) is 1.33. The highest BCUT2D eigenvalue weighted by Gasteiger charge is 2.21. The van der Waals surface area contributed by atoms with Gasteiger partial charge in [0.05, 0.1) is 36.1 Å². The number of hydrogen-bond donors (Lipinski definition) is 3. The Bertz CT molecular complexity index is 494. The van der Waals surface area contributed by atoms with Gasteiger partial charge in [-0.25, -0.2) is 4.79 Å². The lowest BCUT2D eigenvalue weighted by molar-refractivity contribution is -0.136. The number of urea groups is 1. The van der Waals surface area contributed by atoms with E-state index in [1.807, 2.05) is 6.92 Å². The molecule has 0 aliphatic rings. The van der Waals surface area contributed by atoms with Crippen LogP contribution >= 0.6 is 0 Å². The zero-order valence-corrected chi connectivity index (χ0v) is 12.5. The van der Waals surface area contributed by atoms with Crippen LogP contribution in [0, 0.1) is 0 Å². The minimum absolute atomic E-state index is 0.159. The Labute approximate surface area is 123 Å². The van der Waals surface area contributed by atoms with Crippen LogP contribution in [0.5, 0.6) is 0 Å². The predicted molar refractivity (Wildman–Crippen MR) is 78.1 cm³/mol. The SMILES string of the molecule is CCN(CC(C)(C)O)C(=O)Nc1ccc(CC(=O)O)nc1. The summed E-state index contributed by atoms with van der Waals surface area (Å²) in [6, 6.07) is 2.81. The van der Waals surface area contributed by atoms with Crippen LogP contribution in [-0.4, -0.2) is 50.8 Å². The second kappa shape index (κ2) is 7.03. The van der Waals surface area contributed by atoms with Crippen molar-refractivity contribution in [1.82, 2.24) is 9.88 Å². The van der Waals surface area contributed by atoms with Crippen LogP contribution in [-0.2, 0) is 11.2 Å². The topological polar surface area (TPSA) is 103 Å². The highest BCUT2D eigenvalue weighted by Crippen LogP contribution is 2.10. The van der Waals surface area contributed by atoms with Gasteiger partial charge in [-0.05, 0) is 32.9 Å². The molecule has 21 heavy (non-hydrogen) atoms. The molecule has 7 nitrogen and oxygen atoms in total. The molecule has 0 aromatic carbocycles. The van der Waals surface area contributed by atoms with Crippen molar-refractivity contribution in [2.24, 2.45) is 0 Å². The number of aromatic nitrogens is 1. The molecule has 0 radical (unpaired) electrons. The maximum Gasteiger partial charge on any atom is 0.321 e. The van der Waals surface area contributed by atoms with Crippen molar-refractivity contribution in [1.29, 1.82) is 0 Å². The van der Waals surface area contributed by atoms with E-state index in [4.69, 9.17) is 5.11 Å². The Hall–Kier alpha value is -2.15. The minimum Gasteiger partial charge on any atom is -0.481 e. The molecule has 1 heterocycles. The first kappa shape index (κ1) is 16.9. The van der Waals surface area contributed by atoms with E-state index < -0.39 is 11.6 Å². The zero-order chi connectivity index (χ0) is 16.0. The lowest BCUT2D eigenvalue weighted by Crippen LogP contribution is -2.44. The summed E-state index contributed by atoms with van der Waals surface area (Å²) in [4.78, 5) is 28.1. The summed E-state index contributed by atoms with van der Waals surface area (Å²) in [5.74, 6) is -0.957. The molecule has 0 spiro atoms. The molecule has 116 valence electrons. The maximum atomic E-state index is 12.1. The fraction of sp³-hybridized carbons (Fsp3) is 0.500. The maximum absolute atomic E-state index is 12.1. The van der Waals surface area contributed by atoms with Crippen LogP contribution in [0.2, 0.25) is 0 Å². The number of carboxylic acid groups (broad SMARTS) is 1. The molecule has 0 saturated carbocycles. The summed E-state index contributed by atoms with van der Waals surface area (Å²) in [6.07, 6.45) is 1.25. The third-order valence-corrected chi connectivity index (χ3v) is 2.66. The van der Waals surface area contributed by atoms with Gasteiger partial charge in [-0.15, -0.1) is 0 Å². The van der Waals surface area contributed by atoms with Gasteiger partial charge in [0.1, 0.15) is 0 Å². The monoisotopic (exact) mass is 295 g/mol. The lowest BCUT2D eigenvalue weighted by Gasteiger charge is -2.28. The molecule has 7 heteroatoms. The van der Waals surface area contributed by atoms with Gasteiger partial charge in [0.15, 0.2) is 0 Å². The van der Waals surface area contributed by atoms with E-state index in [1.54, 1.807) is 26.0 Å². The van der Waals surface area contributed by atoms with E-state index >= 15 is 0 Å². The van der Waals surface area contributed by atoms with Crippen molar-refractivity contribution in [3.8, 4) is 0 Å². The number of nitrogens with zero attached hydrogens (tertiary/aromatic N) is 2. The number of pyridine rings is 1. The first-order valence-corrected chi connectivity index (χ1v) is 6.66. The van der Waals surface area contributed by atoms with Gasteiger partial charge in [0, 0.05) is 6.54 Å². The Kier molecular flexibility index (Phi) is 5.66. The Balaban J connectivity index is 2.66. The van der Waals surface area contributed by atoms with Crippen LogP contribution < -0.4 is 5.32 Å². The Morgan fingerprint density at radius 1 is 1.38 bits per heavy atom. The lowest BCUT2D eigenvalue weighted by atomic mass is 10.1. The van der Waals surface area contributed by atoms with E-state index in [0.717, 1.165) is 0 Å². The number of carbonyl (C=O) groups is 2. The van der Waals surface area contributed by atoms with Gasteiger partial charge in [-0.2, -0.15) is 0 Å². The molecule has 1 rings (SSSR count). The molecule has 3 N–H and O–H groups in total. The number of likely N-dealkylation sites (N-methyl/N-ethyl adjacent to an activating group) is 1. The number of anilines is 1. The summed E-state index contributed by atoms with van der Waals surface area (Å²) in [5.41, 5.74) is -0.0793. The number of carbonyl (C=O) groups excluding carboxylic acids is 1. The highest BCUT2D eigenvalue weighted by atomic mass is 16.4. The average Bonchev–Trinajstić information content (AvgIpc) is 2.36. The van der Waals surface area contributed by atoms with E-state index in [1.165, 1.54) is 11.1 Å². The molecule has 0 fully saturated rings. The van der Waals surface area contributed by atoms with Crippen molar-refractivity contribution in [2.45, 2.75) is 32.8 Å². The number of aliphatic carboxylic acids is 1. The van der Waals surface area contributed by atoms with Crippen LogP contribution in [0.3, 0.4) is 0 Å². The fourth-order valence-electron chi connectivity index (χ4n) is 1.75. The normalized spacial score (nSPS) is 11.0. The summed E-state index contributed by atoms with van der Waals surface area (Å²) in [6.45, 7) is 5.75. The summed E-state index contributed by atoms with van der Waals surface area (Å²) < 4.78 is 0. The first-order valence-electron chi connectivity index (χ1n) is 6.66. The molecule has 0 unspecified atom stereocenters. The van der Waals surface area contributed by atoms with Crippen LogP contribution in [0.25, 0.3) is 0 Å². The van der Waals surface area contributed by atoms with Gasteiger partial charge >= 0.3 is 12.0 Å². The third kappa shape index (κ3) is 6.22. The smallest absolute Gasteiger partial charge is 0.321 e. The number of nitrogens with one attached hydrogen (secondary N) is 1. The molecule has 0 aliphatic carbocycles. The first-order chi connectivity index (χ1) is 9.71. The standard InChI is InChI=1S/C14H21N3O4/c1-4-17(9-14(2,3)21)13(20)16-11-6-5-10(15-8-11)7-12(18)19/h5-6,8,21H,4,7,9H2,1-3H3,(H,16,20)(H,18,19). The van der Waals surface area contributed by atoms with Crippen molar-refractivity contribution in [2.75, 3.05) is 18.4 Å². The van der Waals surface area contributed by atoms with Crippen molar-refractivity contribution in [3.63, 3.8) is 0 Å². The van der Waals surface area contributed by atoms with E-state index in [-0.39, 0.29) is 19.0 Å². The molecule has 0 bridgehead atoms. The van der Waals surface area contributed by atoms with Crippen molar-refractivity contribution < 1.29 is 19.8 Å². The van der Waals surface area contributed by atoms with E-state index in [9.17, 15) is 14.7 Å². The van der Waals surface area contributed by atoms with Gasteiger partial charge in [-0.1, -0.05) is 0 Å². The molecular formula is C14H21N3O4. The van der Waals surface area contributed by atoms with E-state index in [0.29, 0.717) is 17.9 Å². The number of amides is 2. The van der Waals surface area contributed by atoms with Gasteiger partial charge < -0.3 is 20.4 Å². The highest BCUT2D eigenvalue weighted by molar-refractivity contribution is 5.89. The molecule has 0 aliphatic heterocycles. The zero-order valence-electron chi connectivity index (χ0n) is 12.5. The Morgan fingerprint density at radius 3 is 2.48 bits per heavy atom. The van der Waals surface area contributed by atoms with Crippen LogP contribution in [0.15, 0.2) is 18.3 Å². The minimum atomic E-state index is -0.975. The number of hydrogen-bond acceptors (Lipinski definition) is 4. The molecule has 0 atom stereocenters. The quantitative estimate of drug-likeness (QED) is 0.734. The molecule has 2 amide bonds. The number of carboxylic acids is 1. The molecule has 0 saturated heterocycles. The molecule has 1 aromatic heterocycles. The summed E-state index contributed by atoms with van der Waals surface area (Å²) in [7, 11) is 0. The largest absolute Gasteiger partial charge is 0.481 e. The third-order valence-electron chi connectivity index (χ3n) is 2.66. The fourth-order valence-corrected chi connectivity index (χ4v) is 1.75. The molecular weight excluding hydrogens is 274 g/mol. The molecule has 1 aromatic rings. The summed E-state index contributed by atoms with van der Waals surface area (Å²) in [5, 5.41) is 21.1. The van der Waals surface area contributed by atoms with Gasteiger partial charge in [0.2, 0.25) is 0 Å². The number of aliphatic hydroxyl groups is 1. The van der Waals surface area contributed by atoms with Crippen LogP contribution in [0.4, 0.5) is 10.5 Å². The van der Waals surface area contributed by atoms with Crippen molar-refractivity contribution in [3.05, 3.63) is 24.0 Å². The second-order valence-corrected chi connectivity index (χ2v) is 5.37. The summed E-state index contributed by atoms with van der Waals surface area (Å²) >= 11 is 0. The van der Waals surface area contributed by atoms with E-state index in [2.05, 4.69) is 10.3 Å². The van der Waals surface area contributed by atoms with Gasteiger partial charge in [-0.3, -0.25) is 9.78 Å². The number of rotatable bonds is 6. The van der Waals surface area contributed by atoms with Gasteiger partial charge in [0.25, 0.3) is 0 Å². The second-order valence-electron chi connectivity index (χ2n) is 5.37. The van der Waals surface area contributed by atoms with Crippen molar-refractivity contribution >= 4 is 17.7 Å². The van der Waals surface area contributed by atoms with Crippen LogP contribution in [0.1, 0.15) is 26.5 Å².